The fourth-order valence-electron chi connectivity index (χ4n) is 1.87. The molecule has 0 spiro atoms. The Morgan fingerprint density at radius 3 is 2.27 bits per heavy atom. The van der Waals surface area contributed by atoms with Crippen LogP contribution in [-0.2, 0) is 6.54 Å². The lowest BCUT2D eigenvalue weighted by atomic mass is 10.1. The third-order valence-corrected chi connectivity index (χ3v) is 2.48. The molecule has 0 saturated heterocycles. The van der Waals surface area contributed by atoms with Crippen LogP contribution in [0.25, 0.3) is 0 Å². The number of hydrogen-bond acceptors (Lipinski definition) is 2. The minimum Gasteiger partial charge on any atom is -0.496 e. The van der Waals surface area contributed by atoms with Crippen LogP contribution >= 0.6 is 0 Å². The van der Waals surface area contributed by atoms with Crippen molar-refractivity contribution in [3.63, 3.8) is 0 Å². The van der Waals surface area contributed by atoms with E-state index in [-0.39, 0.29) is 0 Å². The first-order valence-corrected chi connectivity index (χ1v) is 5.53. The number of rotatable bonds is 5. The van der Waals surface area contributed by atoms with Crippen molar-refractivity contribution in [3.05, 3.63) is 28.8 Å². The molecule has 0 aliphatic heterocycles. The van der Waals surface area contributed by atoms with Crippen LogP contribution in [-0.4, -0.2) is 13.7 Å². The highest BCUT2D eigenvalue weighted by molar-refractivity contribution is 5.43. The van der Waals surface area contributed by atoms with Crippen molar-refractivity contribution >= 4 is 0 Å². The largest absolute Gasteiger partial charge is 0.496 e. The summed E-state index contributed by atoms with van der Waals surface area (Å²) in [5, 5.41) is 3.40. The van der Waals surface area contributed by atoms with Gasteiger partial charge in [0.1, 0.15) is 5.75 Å². The molecule has 0 amide bonds. The van der Waals surface area contributed by atoms with Gasteiger partial charge < -0.3 is 10.1 Å². The number of ether oxygens (including phenoxy) is 1. The zero-order valence-electron chi connectivity index (χ0n) is 10.2. The second-order valence-electron chi connectivity index (χ2n) is 3.94. The molecule has 0 aliphatic carbocycles. The van der Waals surface area contributed by atoms with Crippen LogP contribution in [0.4, 0.5) is 0 Å². The van der Waals surface area contributed by atoms with E-state index in [0.717, 1.165) is 18.8 Å². The van der Waals surface area contributed by atoms with Gasteiger partial charge in [-0.2, -0.15) is 0 Å². The van der Waals surface area contributed by atoms with E-state index in [0.29, 0.717) is 0 Å². The Kier molecular flexibility index (Phi) is 4.63. The SMILES string of the molecule is CCCNCc1cc(C)c(OC)c(C)c1. The molecule has 1 aromatic carbocycles. The molecule has 1 N–H and O–H groups in total. The molecule has 0 aliphatic rings. The summed E-state index contributed by atoms with van der Waals surface area (Å²) in [7, 11) is 1.73. The Balaban J connectivity index is 2.75. The van der Waals surface area contributed by atoms with Gasteiger partial charge in [0.05, 0.1) is 7.11 Å². The Morgan fingerprint density at radius 2 is 1.80 bits per heavy atom. The van der Waals surface area contributed by atoms with Crippen LogP contribution in [0, 0.1) is 13.8 Å². The first kappa shape index (κ1) is 12.1. The van der Waals surface area contributed by atoms with Gasteiger partial charge in [0.2, 0.25) is 0 Å². The molecule has 0 aromatic heterocycles. The molecule has 0 bridgehead atoms. The van der Waals surface area contributed by atoms with E-state index in [1.807, 2.05) is 0 Å². The molecular formula is C13H21NO. The van der Waals surface area contributed by atoms with Crippen molar-refractivity contribution in [3.8, 4) is 5.75 Å². The van der Waals surface area contributed by atoms with E-state index in [1.165, 1.54) is 23.1 Å². The second kappa shape index (κ2) is 5.76. The second-order valence-corrected chi connectivity index (χ2v) is 3.94. The molecule has 0 heterocycles. The van der Waals surface area contributed by atoms with Gasteiger partial charge in [-0.1, -0.05) is 19.1 Å². The van der Waals surface area contributed by atoms with Crippen molar-refractivity contribution < 1.29 is 4.74 Å². The number of methoxy groups -OCH3 is 1. The summed E-state index contributed by atoms with van der Waals surface area (Å²) >= 11 is 0. The summed E-state index contributed by atoms with van der Waals surface area (Å²) in [4.78, 5) is 0. The lowest BCUT2D eigenvalue weighted by Crippen LogP contribution is -2.14. The van der Waals surface area contributed by atoms with E-state index < -0.39 is 0 Å². The van der Waals surface area contributed by atoms with Gasteiger partial charge in [-0.3, -0.25) is 0 Å². The third-order valence-electron chi connectivity index (χ3n) is 2.48. The van der Waals surface area contributed by atoms with E-state index in [2.05, 4.69) is 38.2 Å². The lowest BCUT2D eigenvalue weighted by Gasteiger charge is -2.11. The molecule has 2 heteroatoms. The highest BCUT2D eigenvalue weighted by Crippen LogP contribution is 2.24. The molecule has 0 saturated carbocycles. The fourth-order valence-corrected chi connectivity index (χ4v) is 1.87. The monoisotopic (exact) mass is 207 g/mol. The highest BCUT2D eigenvalue weighted by Gasteiger charge is 2.04. The minimum atomic E-state index is 0.944. The topological polar surface area (TPSA) is 21.3 Å². The zero-order valence-corrected chi connectivity index (χ0v) is 10.2. The number of hydrogen-bond donors (Lipinski definition) is 1. The molecule has 0 radical (unpaired) electrons. The maximum absolute atomic E-state index is 5.34. The molecule has 1 aromatic rings. The van der Waals surface area contributed by atoms with E-state index in [1.54, 1.807) is 7.11 Å². The van der Waals surface area contributed by atoms with Crippen LogP contribution in [0.1, 0.15) is 30.0 Å². The molecule has 84 valence electrons. The zero-order chi connectivity index (χ0) is 11.3. The number of benzene rings is 1. The summed E-state index contributed by atoms with van der Waals surface area (Å²) < 4.78 is 5.34. The number of aryl methyl sites for hydroxylation is 2. The predicted octanol–water partition coefficient (Wildman–Crippen LogP) is 2.81. The van der Waals surface area contributed by atoms with Gasteiger partial charge in [-0.15, -0.1) is 0 Å². The molecule has 0 unspecified atom stereocenters. The van der Waals surface area contributed by atoms with Gasteiger partial charge in [-0.05, 0) is 43.5 Å². The maximum atomic E-state index is 5.34. The Labute approximate surface area is 92.6 Å². The van der Waals surface area contributed by atoms with Crippen LogP contribution in [0.3, 0.4) is 0 Å². The van der Waals surface area contributed by atoms with Gasteiger partial charge in [-0.25, -0.2) is 0 Å². The fraction of sp³-hybridized carbons (Fsp3) is 0.538. The van der Waals surface area contributed by atoms with E-state index in [9.17, 15) is 0 Å². The third kappa shape index (κ3) is 3.24. The molecule has 0 fully saturated rings. The summed E-state index contributed by atoms with van der Waals surface area (Å²) in [6.07, 6.45) is 1.17. The van der Waals surface area contributed by atoms with Crippen LogP contribution < -0.4 is 10.1 Å². The van der Waals surface area contributed by atoms with Gasteiger partial charge in [0.15, 0.2) is 0 Å². The van der Waals surface area contributed by atoms with Gasteiger partial charge in [0, 0.05) is 6.54 Å². The average Bonchev–Trinajstić information content (AvgIpc) is 2.18. The van der Waals surface area contributed by atoms with Crippen LogP contribution in [0.5, 0.6) is 5.75 Å². The molecule has 0 atom stereocenters. The van der Waals surface area contributed by atoms with E-state index >= 15 is 0 Å². The normalized spacial score (nSPS) is 10.4. The predicted molar refractivity (Wildman–Crippen MR) is 64.5 cm³/mol. The smallest absolute Gasteiger partial charge is 0.124 e. The Bertz CT molecular complexity index is 297. The van der Waals surface area contributed by atoms with Gasteiger partial charge >= 0.3 is 0 Å². The van der Waals surface area contributed by atoms with Crippen molar-refractivity contribution in [2.75, 3.05) is 13.7 Å². The maximum Gasteiger partial charge on any atom is 0.124 e. The highest BCUT2D eigenvalue weighted by atomic mass is 16.5. The first-order chi connectivity index (χ1) is 7.19. The van der Waals surface area contributed by atoms with Crippen molar-refractivity contribution in [1.29, 1.82) is 0 Å². The lowest BCUT2D eigenvalue weighted by molar-refractivity contribution is 0.408. The Morgan fingerprint density at radius 1 is 1.20 bits per heavy atom. The van der Waals surface area contributed by atoms with Crippen LogP contribution in [0.15, 0.2) is 12.1 Å². The standard InChI is InChI=1S/C13H21NO/c1-5-6-14-9-12-7-10(2)13(15-4)11(3)8-12/h7-8,14H,5-6,9H2,1-4H3. The molecular weight excluding hydrogens is 186 g/mol. The Hall–Kier alpha value is -1.02. The van der Waals surface area contributed by atoms with Crippen molar-refractivity contribution in [2.24, 2.45) is 0 Å². The van der Waals surface area contributed by atoms with Crippen molar-refractivity contribution in [1.82, 2.24) is 5.32 Å². The first-order valence-electron chi connectivity index (χ1n) is 5.53. The summed E-state index contributed by atoms with van der Waals surface area (Å²) in [6.45, 7) is 8.38. The molecule has 2 nitrogen and oxygen atoms in total. The quantitative estimate of drug-likeness (QED) is 0.750. The summed E-state index contributed by atoms with van der Waals surface area (Å²) in [5.41, 5.74) is 3.76. The minimum absolute atomic E-state index is 0.944. The average molecular weight is 207 g/mol. The number of nitrogens with one attached hydrogen (secondary N) is 1. The van der Waals surface area contributed by atoms with Crippen molar-refractivity contribution in [2.45, 2.75) is 33.7 Å². The molecule has 15 heavy (non-hydrogen) atoms. The summed E-state index contributed by atoms with van der Waals surface area (Å²) in [6, 6.07) is 4.38. The van der Waals surface area contributed by atoms with E-state index in [4.69, 9.17) is 4.74 Å². The summed E-state index contributed by atoms with van der Waals surface area (Å²) in [5.74, 6) is 1.01. The molecule has 1 rings (SSSR count). The van der Waals surface area contributed by atoms with Crippen LogP contribution in [0.2, 0.25) is 0 Å². The van der Waals surface area contributed by atoms with Gasteiger partial charge in [0.25, 0.3) is 0 Å².